The van der Waals surface area contributed by atoms with Crippen molar-refractivity contribution >= 4 is 29.3 Å². The summed E-state index contributed by atoms with van der Waals surface area (Å²) in [6.07, 6.45) is 0. The van der Waals surface area contributed by atoms with Gasteiger partial charge in [0.15, 0.2) is 0 Å². The maximum atomic E-state index is 12.2. The zero-order chi connectivity index (χ0) is 19.1. The van der Waals surface area contributed by atoms with Gasteiger partial charge in [0.05, 0.1) is 12.3 Å². The van der Waals surface area contributed by atoms with Crippen LogP contribution in [0, 0.1) is 20.8 Å². The molecule has 0 aliphatic carbocycles. The highest BCUT2D eigenvalue weighted by Crippen LogP contribution is 2.18. The molecule has 0 spiro atoms. The summed E-state index contributed by atoms with van der Waals surface area (Å²) >= 11 is 1.58. The van der Waals surface area contributed by atoms with Crippen molar-refractivity contribution in [1.82, 2.24) is 4.90 Å². The summed E-state index contributed by atoms with van der Waals surface area (Å²) in [6, 6.07) is 13.9. The number of aryl methyl sites for hydroxylation is 3. The molecular formula is C21H26N2O2S. The zero-order valence-corrected chi connectivity index (χ0v) is 16.7. The molecule has 0 unspecified atom stereocenters. The van der Waals surface area contributed by atoms with Crippen LogP contribution in [0.15, 0.2) is 42.5 Å². The molecule has 138 valence electrons. The van der Waals surface area contributed by atoms with E-state index in [1.165, 1.54) is 21.6 Å². The fraction of sp³-hybridized carbons (Fsp3) is 0.333. The van der Waals surface area contributed by atoms with Crippen LogP contribution < -0.4 is 5.32 Å². The molecule has 0 heterocycles. The molecule has 0 aromatic heterocycles. The van der Waals surface area contributed by atoms with Crippen molar-refractivity contribution in [2.24, 2.45) is 0 Å². The summed E-state index contributed by atoms with van der Waals surface area (Å²) in [5, 5.41) is 2.81. The van der Waals surface area contributed by atoms with E-state index in [9.17, 15) is 9.59 Å². The maximum Gasteiger partial charge on any atom is 0.243 e. The number of thioether (sulfide) groups is 1. The fourth-order valence-electron chi connectivity index (χ4n) is 2.46. The van der Waals surface area contributed by atoms with Crippen molar-refractivity contribution < 1.29 is 9.59 Å². The van der Waals surface area contributed by atoms with Crippen molar-refractivity contribution in [3.8, 4) is 0 Å². The molecule has 0 saturated heterocycles. The number of nitrogens with one attached hydrogen (secondary N) is 1. The van der Waals surface area contributed by atoms with Crippen LogP contribution in [0.4, 0.5) is 5.69 Å². The van der Waals surface area contributed by atoms with Gasteiger partial charge in [-0.05, 0) is 44.0 Å². The molecule has 0 radical (unpaired) electrons. The van der Waals surface area contributed by atoms with Crippen LogP contribution in [0.3, 0.4) is 0 Å². The fourth-order valence-corrected chi connectivity index (χ4v) is 3.48. The lowest BCUT2D eigenvalue weighted by molar-refractivity contribution is -0.131. The van der Waals surface area contributed by atoms with Crippen LogP contribution >= 0.6 is 11.8 Å². The molecule has 2 rings (SSSR count). The molecule has 0 fully saturated rings. The lowest BCUT2D eigenvalue weighted by Crippen LogP contribution is -2.36. The number of anilines is 1. The van der Waals surface area contributed by atoms with E-state index < -0.39 is 0 Å². The molecular weight excluding hydrogens is 344 g/mol. The second-order valence-corrected chi connectivity index (χ2v) is 7.57. The van der Waals surface area contributed by atoms with Gasteiger partial charge in [0.2, 0.25) is 11.8 Å². The van der Waals surface area contributed by atoms with Crippen molar-refractivity contribution in [1.29, 1.82) is 0 Å². The summed E-state index contributed by atoms with van der Waals surface area (Å²) < 4.78 is 0. The molecule has 1 N–H and O–H groups in total. The summed E-state index contributed by atoms with van der Waals surface area (Å²) in [6.45, 7) is 6.20. The lowest BCUT2D eigenvalue weighted by atomic mass is 10.1. The van der Waals surface area contributed by atoms with Crippen LogP contribution in [0.25, 0.3) is 0 Å². The van der Waals surface area contributed by atoms with Gasteiger partial charge >= 0.3 is 0 Å². The quantitative estimate of drug-likeness (QED) is 0.803. The largest absolute Gasteiger partial charge is 0.336 e. The number of benzene rings is 2. The minimum absolute atomic E-state index is 0.0423. The first kappa shape index (κ1) is 20.0. The predicted octanol–water partition coefficient (Wildman–Crippen LogP) is 3.94. The highest BCUT2D eigenvalue weighted by Gasteiger charge is 2.13. The zero-order valence-electron chi connectivity index (χ0n) is 15.8. The normalized spacial score (nSPS) is 10.5. The highest BCUT2D eigenvalue weighted by molar-refractivity contribution is 7.99. The van der Waals surface area contributed by atoms with Crippen LogP contribution in [-0.2, 0) is 15.3 Å². The van der Waals surface area contributed by atoms with Gasteiger partial charge in [0.25, 0.3) is 0 Å². The Morgan fingerprint density at radius 1 is 1.00 bits per heavy atom. The Kier molecular flexibility index (Phi) is 7.27. The number of carbonyl (C=O) groups excluding carboxylic acids is 2. The predicted molar refractivity (Wildman–Crippen MR) is 110 cm³/mol. The van der Waals surface area contributed by atoms with E-state index in [0.717, 1.165) is 17.0 Å². The van der Waals surface area contributed by atoms with Gasteiger partial charge in [-0.1, -0.05) is 41.5 Å². The monoisotopic (exact) mass is 370 g/mol. The summed E-state index contributed by atoms with van der Waals surface area (Å²) in [4.78, 5) is 25.8. The Balaban J connectivity index is 1.77. The number of amides is 2. The lowest BCUT2D eigenvalue weighted by Gasteiger charge is -2.17. The maximum absolute atomic E-state index is 12.2. The number of carbonyl (C=O) groups is 2. The minimum Gasteiger partial charge on any atom is -0.336 e. The third kappa shape index (κ3) is 6.23. The van der Waals surface area contributed by atoms with Gasteiger partial charge in [0.1, 0.15) is 0 Å². The Labute approximate surface area is 160 Å². The molecule has 0 aliphatic heterocycles. The van der Waals surface area contributed by atoms with Crippen molar-refractivity contribution in [3.63, 3.8) is 0 Å². The number of nitrogens with zero attached hydrogens (tertiary/aromatic N) is 1. The highest BCUT2D eigenvalue weighted by atomic mass is 32.2. The van der Waals surface area contributed by atoms with E-state index >= 15 is 0 Å². The molecule has 26 heavy (non-hydrogen) atoms. The number of hydrogen-bond donors (Lipinski definition) is 1. The van der Waals surface area contributed by atoms with E-state index in [2.05, 4.69) is 37.4 Å². The Hall–Kier alpha value is -2.27. The molecule has 2 aromatic rings. The molecule has 0 bridgehead atoms. The Morgan fingerprint density at radius 2 is 1.65 bits per heavy atom. The van der Waals surface area contributed by atoms with Gasteiger partial charge in [-0.3, -0.25) is 9.59 Å². The number of hydrogen-bond acceptors (Lipinski definition) is 3. The number of likely N-dealkylation sites (N-methyl/N-ethyl adjacent to an activating group) is 1. The van der Waals surface area contributed by atoms with E-state index in [-0.39, 0.29) is 18.4 Å². The third-order valence-electron chi connectivity index (χ3n) is 4.13. The SMILES string of the molecule is Cc1ccc(NC(=O)CN(C)C(=O)CSCc2cc(C)ccc2C)cc1. The molecule has 0 atom stereocenters. The first-order valence-electron chi connectivity index (χ1n) is 8.59. The topological polar surface area (TPSA) is 49.4 Å². The number of rotatable bonds is 7. The molecule has 0 aliphatic rings. The average Bonchev–Trinajstić information content (AvgIpc) is 2.59. The van der Waals surface area contributed by atoms with Crippen LogP contribution in [0.5, 0.6) is 0 Å². The summed E-state index contributed by atoms with van der Waals surface area (Å²) in [5.74, 6) is 0.924. The molecule has 2 amide bonds. The van der Waals surface area contributed by atoms with E-state index in [1.54, 1.807) is 18.8 Å². The van der Waals surface area contributed by atoms with Gasteiger partial charge in [-0.25, -0.2) is 0 Å². The van der Waals surface area contributed by atoms with Crippen molar-refractivity contribution in [2.45, 2.75) is 26.5 Å². The third-order valence-corrected chi connectivity index (χ3v) is 5.10. The van der Waals surface area contributed by atoms with Crippen molar-refractivity contribution in [2.75, 3.05) is 24.7 Å². The Morgan fingerprint density at radius 3 is 2.35 bits per heavy atom. The minimum atomic E-state index is -0.191. The van der Waals surface area contributed by atoms with Crippen molar-refractivity contribution in [3.05, 3.63) is 64.7 Å². The van der Waals surface area contributed by atoms with Crippen LogP contribution in [-0.4, -0.2) is 36.1 Å². The first-order valence-corrected chi connectivity index (χ1v) is 9.75. The van der Waals surface area contributed by atoms with Crippen LogP contribution in [0.1, 0.15) is 22.3 Å². The molecule has 2 aromatic carbocycles. The molecule has 4 nitrogen and oxygen atoms in total. The molecule has 5 heteroatoms. The first-order chi connectivity index (χ1) is 12.3. The van der Waals surface area contributed by atoms with Gasteiger partial charge in [-0.2, -0.15) is 0 Å². The average molecular weight is 371 g/mol. The molecule has 0 saturated carbocycles. The standard InChI is InChI=1S/C21H26N2O2S/c1-15-6-9-19(10-7-15)22-20(24)12-23(4)21(25)14-26-13-18-11-16(2)5-8-17(18)3/h5-11H,12-14H2,1-4H3,(H,22,24). The van der Waals surface area contributed by atoms with Gasteiger partial charge in [-0.15, -0.1) is 11.8 Å². The summed E-state index contributed by atoms with van der Waals surface area (Å²) in [5.41, 5.74) is 5.59. The summed E-state index contributed by atoms with van der Waals surface area (Å²) in [7, 11) is 1.66. The Bertz CT molecular complexity index is 772. The van der Waals surface area contributed by atoms with E-state index in [1.807, 2.05) is 31.2 Å². The second kappa shape index (κ2) is 9.43. The van der Waals surface area contributed by atoms with E-state index in [4.69, 9.17) is 0 Å². The second-order valence-electron chi connectivity index (χ2n) is 6.59. The smallest absolute Gasteiger partial charge is 0.243 e. The van der Waals surface area contributed by atoms with Crippen LogP contribution in [0.2, 0.25) is 0 Å². The van der Waals surface area contributed by atoms with Gasteiger partial charge in [0, 0.05) is 18.5 Å². The van der Waals surface area contributed by atoms with E-state index in [0.29, 0.717) is 5.75 Å². The van der Waals surface area contributed by atoms with Gasteiger partial charge < -0.3 is 10.2 Å².